The lowest BCUT2D eigenvalue weighted by molar-refractivity contribution is -0.126. The Morgan fingerprint density at radius 1 is 1.16 bits per heavy atom. The molecule has 0 bridgehead atoms. The third-order valence-corrected chi connectivity index (χ3v) is 6.01. The zero-order valence-electron chi connectivity index (χ0n) is 12.4. The molecule has 3 aliphatic rings. The van der Waals surface area contributed by atoms with Crippen molar-refractivity contribution in [3.05, 3.63) is 0 Å². The first-order valence-corrected chi connectivity index (χ1v) is 8.54. The van der Waals surface area contributed by atoms with Crippen LogP contribution < -0.4 is 0 Å². The van der Waals surface area contributed by atoms with Crippen molar-refractivity contribution in [3.8, 4) is 0 Å². The van der Waals surface area contributed by atoms with Gasteiger partial charge in [-0.2, -0.15) is 0 Å². The molecule has 3 rings (SSSR count). The summed E-state index contributed by atoms with van der Waals surface area (Å²) in [5.74, 6) is 2.68. The number of piperidine rings is 1. The van der Waals surface area contributed by atoms with E-state index >= 15 is 0 Å². The highest BCUT2D eigenvalue weighted by atomic mass is 16.1. The Morgan fingerprint density at radius 2 is 2.00 bits per heavy atom. The lowest BCUT2D eigenvalue weighted by atomic mass is 9.78. The van der Waals surface area contributed by atoms with Crippen molar-refractivity contribution < 1.29 is 4.79 Å². The smallest absolute Gasteiger partial charge is 0.137 e. The molecular formula is C17H29NO. The Labute approximate surface area is 117 Å². The number of fused-ring (bicyclic) bond motifs is 1. The van der Waals surface area contributed by atoms with E-state index in [1.54, 1.807) is 0 Å². The largest absolute Gasteiger partial charge is 0.299 e. The molecule has 0 N–H and O–H groups in total. The average Bonchev–Trinajstić information content (AvgIpc) is 2.90. The van der Waals surface area contributed by atoms with E-state index in [2.05, 4.69) is 11.8 Å². The molecule has 4 atom stereocenters. The summed E-state index contributed by atoms with van der Waals surface area (Å²) in [6, 6.07) is 0.823. The van der Waals surface area contributed by atoms with E-state index in [0.29, 0.717) is 11.7 Å². The molecular weight excluding hydrogens is 234 g/mol. The van der Waals surface area contributed by atoms with Crippen LogP contribution >= 0.6 is 0 Å². The highest BCUT2D eigenvalue weighted by Crippen LogP contribution is 2.38. The number of likely N-dealkylation sites (tertiary alicyclic amines) is 1. The van der Waals surface area contributed by atoms with Crippen LogP contribution in [0.5, 0.6) is 0 Å². The van der Waals surface area contributed by atoms with Gasteiger partial charge < -0.3 is 0 Å². The summed E-state index contributed by atoms with van der Waals surface area (Å²) in [5, 5.41) is 0. The standard InChI is InChI=1S/C17H29NO/c1-2-13-8-9-17(19)15(11-13)12-18-10-4-6-14-5-3-7-16(14)18/h13-16H,2-12H2,1H3. The molecule has 0 radical (unpaired) electrons. The molecule has 1 saturated heterocycles. The van der Waals surface area contributed by atoms with E-state index in [1.165, 1.54) is 51.5 Å². The summed E-state index contributed by atoms with van der Waals surface area (Å²) in [6.07, 6.45) is 11.5. The first-order valence-electron chi connectivity index (χ1n) is 8.54. The van der Waals surface area contributed by atoms with Crippen molar-refractivity contribution >= 4 is 5.78 Å². The lowest BCUT2D eigenvalue weighted by Crippen LogP contribution is -2.46. The molecule has 0 spiro atoms. The molecule has 2 nitrogen and oxygen atoms in total. The quantitative estimate of drug-likeness (QED) is 0.774. The molecule has 2 aliphatic carbocycles. The normalized spacial score (nSPS) is 40.4. The second-order valence-electron chi connectivity index (χ2n) is 7.11. The first kappa shape index (κ1) is 13.6. The minimum Gasteiger partial charge on any atom is -0.299 e. The highest BCUT2D eigenvalue weighted by molar-refractivity contribution is 5.82. The molecule has 2 saturated carbocycles. The summed E-state index contributed by atoms with van der Waals surface area (Å²) in [5.41, 5.74) is 0. The fraction of sp³-hybridized carbons (Fsp3) is 0.941. The molecule has 1 heterocycles. The Morgan fingerprint density at radius 3 is 2.84 bits per heavy atom. The maximum Gasteiger partial charge on any atom is 0.137 e. The number of hydrogen-bond acceptors (Lipinski definition) is 2. The van der Waals surface area contributed by atoms with Crippen LogP contribution in [0.1, 0.15) is 64.7 Å². The zero-order chi connectivity index (χ0) is 13.2. The van der Waals surface area contributed by atoms with Crippen molar-refractivity contribution in [1.82, 2.24) is 4.90 Å². The van der Waals surface area contributed by atoms with E-state index in [9.17, 15) is 4.79 Å². The van der Waals surface area contributed by atoms with E-state index in [-0.39, 0.29) is 0 Å². The second-order valence-corrected chi connectivity index (χ2v) is 7.11. The number of Topliss-reactive ketones (excluding diaryl/α,β-unsaturated/α-hetero) is 1. The minimum atomic E-state index is 0.359. The van der Waals surface area contributed by atoms with Crippen LogP contribution in [0.25, 0.3) is 0 Å². The molecule has 3 fully saturated rings. The molecule has 0 aromatic carbocycles. The number of rotatable bonds is 3. The number of carbonyl (C=O) groups is 1. The monoisotopic (exact) mass is 263 g/mol. The molecule has 0 aromatic rings. The van der Waals surface area contributed by atoms with Crippen LogP contribution in [0.4, 0.5) is 0 Å². The average molecular weight is 263 g/mol. The Kier molecular flexibility index (Phi) is 4.26. The van der Waals surface area contributed by atoms with E-state index in [4.69, 9.17) is 0 Å². The van der Waals surface area contributed by atoms with E-state index in [1.807, 2.05) is 0 Å². The van der Waals surface area contributed by atoms with Crippen molar-refractivity contribution in [1.29, 1.82) is 0 Å². The van der Waals surface area contributed by atoms with Gasteiger partial charge in [-0.05, 0) is 56.9 Å². The third-order valence-electron chi connectivity index (χ3n) is 6.01. The molecule has 108 valence electrons. The van der Waals surface area contributed by atoms with Crippen molar-refractivity contribution in [2.24, 2.45) is 17.8 Å². The van der Waals surface area contributed by atoms with Crippen LogP contribution in [0.15, 0.2) is 0 Å². The van der Waals surface area contributed by atoms with Gasteiger partial charge in [0.25, 0.3) is 0 Å². The maximum atomic E-state index is 12.2. The van der Waals surface area contributed by atoms with Crippen LogP contribution in [-0.4, -0.2) is 29.8 Å². The minimum absolute atomic E-state index is 0.359. The van der Waals surface area contributed by atoms with E-state index < -0.39 is 0 Å². The van der Waals surface area contributed by atoms with Crippen LogP contribution in [0.3, 0.4) is 0 Å². The van der Waals surface area contributed by atoms with Gasteiger partial charge in [0, 0.05) is 24.9 Å². The summed E-state index contributed by atoms with van der Waals surface area (Å²) in [7, 11) is 0. The molecule has 0 aromatic heterocycles. The highest BCUT2D eigenvalue weighted by Gasteiger charge is 2.37. The molecule has 4 unspecified atom stereocenters. The van der Waals surface area contributed by atoms with Crippen LogP contribution in [0.2, 0.25) is 0 Å². The topological polar surface area (TPSA) is 20.3 Å². The van der Waals surface area contributed by atoms with Gasteiger partial charge in [0.2, 0.25) is 0 Å². The van der Waals surface area contributed by atoms with Gasteiger partial charge in [-0.3, -0.25) is 9.69 Å². The molecule has 19 heavy (non-hydrogen) atoms. The summed E-state index contributed by atoms with van der Waals surface area (Å²) in [4.78, 5) is 14.9. The van der Waals surface area contributed by atoms with Gasteiger partial charge in [0.1, 0.15) is 5.78 Å². The number of carbonyl (C=O) groups excluding carboxylic acids is 1. The van der Waals surface area contributed by atoms with Gasteiger partial charge in [-0.25, -0.2) is 0 Å². The maximum absolute atomic E-state index is 12.2. The summed E-state index contributed by atoms with van der Waals surface area (Å²) >= 11 is 0. The number of nitrogens with zero attached hydrogens (tertiary/aromatic N) is 1. The number of hydrogen-bond donors (Lipinski definition) is 0. The fourth-order valence-electron chi connectivity index (χ4n) is 4.82. The SMILES string of the molecule is CCC1CCC(=O)C(CN2CCCC3CCCC32)C1. The van der Waals surface area contributed by atoms with E-state index in [0.717, 1.165) is 37.3 Å². The van der Waals surface area contributed by atoms with Crippen molar-refractivity contribution in [3.63, 3.8) is 0 Å². The molecule has 0 amide bonds. The fourth-order valence-corrected chi connectivity index (χ4v) is 4.82. The molecule has 1 aliphatic heterocycles. The second kappa shape index (κ2) is 5.95. The van der Waals surface area contributed by atoms with Crippen molar-refractivity contribution in [2.75, 3.05) is 13.1 Å². The Hall–Kier alpha value is -0.370. The van der Waals surface area contributed by atoms with Gasteiger partial charge in [-0.1, -0.05) is 19.8 Å². The summed E-state index contributed by atoms with van der Waals surface area (Å²) in [6.45, 7) is 4.61. The van der Waals surface area contributed by atoms with Crippen LogP contribution in [0, 0.1) is 17.8 Å². The summed E-state index contributed by atoms with van der Waals surface area (Å²) < 4.78 is 0. The Bertz CT molecular complexity index is 327. The van der Waals surface area contributed by atoms with Crippen molar-refractivity contribution in [2.45, 2.75) is 70.8 Å². The molecule has 2 heteroatoms. The lowest BCUT2D eigenvalue weighted by Gasteiger charge is -2.40. The predicted molar refractivity (Wildman–Crippen MR) is 78.1 cm³/mol. The van der Waals surface area contributed by atoms with Crippen LogP contribution in [-0.2, 0) is 4.79 Å². The van der Waals surface area contributed by atoms with Gasteiger partial charge in [0.05, 0.1) is 0 Å². The van der Waals surface area contributed by atoms with Gasteiger partial charge in [-0.15, -0.1) is 0 Å². The van der Waals surface area contributed by atoms with Gasteiger partial charge in [0.15, 0.2) is 0 Å². The Balaban J connectivity index is 1.61. The predicted octanol–water partition coefficient (Wildman–Crippen LogP) is 3.65. The third kappa shape index (κ3) is 2.89. The first-order chi connectivity index (χ1) is 9.28. The van der Waals surface area contributed by atoms with Gasteiger partial charge >= 0.3 is 0 Å². The number of ketones is 1. The zero-order valence-corrected chi connectivity index (χ0v) is 12.4.